The number of carboxylic acid groups (broad SMARTS) is 2. The second-order valence-corrected chi connectivity index (χ2v) is 7.16. The van der Waals surface area contributed by atoms with E-state index < -0.39 is 11.9 Å². The first-order valence-electron chi connectivity index (χ1n) is 8.72. The molecule has 0 saturated carbocycles. The highest BCUT2D eigenvalue weighted by Crippen LogP contribution is 2.28. The molecular weight excluding hydrogens is 392 g/mol. The first-order valence-corrected chi connectivity index (χ1v) is 9.70. The Morgan fingerprint density at radius 3 is 2.21 bits per heavy atom. The van der Waals surface area contributed by atoms with Gasteiger partial charge in [0.15, 0.2) is 11.0 Å². The number of nitrogens with two attached hydrogens (primary N) is 1. The number of aromatic nitrogens is 3. The van der Waals surface area contributed by atoms with Gasteiger partial charge in [0.25, 0.3) is 0 Å². The molecule has 1 aromatic heterocycles. The summed E-state index contributed by atoms with van der Waals surface area (Å²) < 4.78 is 2.11. The van der Waals surface area contributed by atoms with Crippen LogP contribution >= 0.6 is 11.8 Å². The van der Waals surface area contributed by atoms with Crippen LogP contribution in [0.4, 0.5) is 0 Å². The minimum absolute atomic E-state index is 0.616. The molecule has 0 fully saturated rings. The Morgan fingerprint density at radius 1 is 1.00 bits per heavy atom. The fourth-order valence-corrected chi connectivity index (χ4v) is 3.13. The zero-order valence-electron chi connectivity index (χ0n) is 16.1. The maximum Gasteiger partial charge on any atom is 0.414 e. The quantitative estimate of drug-likeness (QED) is 0.429. The number of rotatable bonds is 5. The smallest absolute Gasteiger partial charge is 0.414 e. The zero-order chi connectivity index (χ0) is 21.4. The minimum Gasteiger partial charge on any atom is -0.473 e. The third-order valence-electron chi connectivity index (χ3n) is 3.73. The molecule has 29 heavy (non-hydrogen) atoms. The summed E-state index contributed by atoms with van der Waals surface area (Å²) in [6.07, 6.45) is 0. The number of carboxylic acids is 2. The Labute approximate surface area is 172 Å². The molecule has 0 aliphatic rings. The van der Waals surface area contributed by atoms with Gasteiger partial charge in [0.1, 0.15) is 0 Å². The van der Waals surface area contributed by atoms with Gasteiger partial charge in [-0.2, -0.15) is 0 Å². The SMILES string of the molecule is Cc1ccc(-n2c(SCCN)nnc2-c2cccc(C)c2)cc1.O=C(O)C(=O)O. The van der Waals surface area contributed by atoms with Crippen molar-refractivity contribution in [2.24, 2.45) is 5.73 Å². The fourth-order valence-electron chi connectivity index (χ4n) is 2.41. The number of aryl methyl sites for hydroxylation is 2. The van der Waals surface area contributed by atoms with Crippen molar-refractivity contribution in [2.75, 3.05) is 12.3 Å². The lowest BCUT2D eigenvalue weighted by Gasteiger charge is -2.11. The van der Waals surface area contributed by atoms with Crippen LogP contribution in [-0.4, -0.2) is 49.2 Å². The number of benzene rings is 2. The van der Waals surface area contributed by atoms with Crippen molar-refractivity contribution in [1.29, 1.82) is 0 Å². The molecule has 3 aromatic rings. The Hall–Kier alpha value is -3.17. The van der Waals surface area contributed by atoms with Crippen molar-refractivity contribution in [3.8, 4) is 17.1 Å². The molecule has 9 heteroatoms. The lowest BCUT2D eigenvalue weighted by molar-refractivity contribution is -0.159. The average Bonchev–Trinajstić information content (AvgIpc) is 3.11. The van der Waals surface area contributed by atoms with Gasteiger partial charge in [-0.15, -0.1) is 10.2 Å². The number of thioether (sulfide) groups is 1. The average molecular weight is 414 g/mol. The summed E-state index contributed by atoms with van der Waals surface area (Å²) >= 11 is 1.63. The van der Waals surface area contributed by atoms with E-state index in [0.29, 0.717) is 6.54 Å². The molecule has 0 unspecified atom stereocenters. The van der Waals surface area contributed by atoms with Crippen molar-refractivity contribution in [1.82, 2.24) is 14.8 Å². The highest BCUT2D eigenvalue weighted by molar-refractivity contribution is 7.99. The van der Waals surface area contributed by atoms with E-state index in [4.69, 9.17) is 25.5 Å². The molecule has 0 amide bonds. The molecule has 0 atom stereocenters. The molecule has 3 rings (SSSR count). The van der Waals surface area contributed by atoms with Crippen LogP contribution in [0.1, 0.15) is 11.1 Å². The lowest BCUT2D eigenvalue weighted by Crippen LogP contribution is -2.09. The van der Waals surface area contributed by atoms with Gasteiger partial charge in [-0.25, -0.2) is 9.59 Å². The van der Waals surface area contributed by atoms with Crippen molar-refractivity contribution < 1.29 is 19.8 Å². The van der Waals surface area contributed by atoms with Gasteiger partial charge >= 0.3 is 11.9 Å². The second-order valence-electron chi connectivity index (χ2n) is 6.09. The summed E-state index contributed by atoms with van der Waals surface area (Å²) in [5.41, 5.74) is 10.2. The predicted octanol–water partition coefficient (Wildman–Crippen LogP) is 2.76. The van der Waals surface area contributed by atoms with Crippen LogP contribution in [0.25, 0.3) is 17.1 Å². The monoisotopic (exact) mass is 414 g/mol. The molecular formula is C20H22N4O4S. The standard InChI is InChI=1S/C18H20N4S.C2H2O4/c1-13-6-8-16(9-7-13)22-17(15-5-3-4-14(2)12-15)20-21-18(22)23-11-10-19;3-1(4)2(5)6/h3-9,12H,10-11,19H2,1-2H3;(H,3,4)(H,5,6). The molecule has 4 N–H and O–H groups in total. The third kappa shape index (κ3) is 6.16. The molecule has 8 nitrogen and oxygen atoms in total. The van der Waals surface area contributed by atoms with E-state index in [-0.39, 0.29) is 0 Å². The van der Waals surface area contributed by atoms with Crippen molar-refractivity contribution in [3.05, 3.63) is 59.7 Å². The lowest BCUT2D eigenvalue weighted by atomic mass is 10.1. The molecule has 2 aromatic carbocycles. The summed E-state index contributed by atoms with van der Waals surface area (Å²) in [6.45, 7) is 4.78. The van der Waals surface area contributed by atoms with Crippen LogP contribution in [0.3, 0.4) is 0 Å². The van der Waals surface area contributed by atoms with Crippen molar-refractivity contribution >= 4 is 23.7 Å². The largest absolute Gasteiger partial charge is 0.473 e. The maximum absolute atomic E-state index is 9.10. The van der Waals surface area contributed by atoms with Gasteiger partial charge in [-0.1, -0.05) is 53.2 Å². The molecule has 0 bridgehead atoms. The molecule has 0 radical (unpaired) electrons. The van der Waals surface area contributed by atoms with Gasteiger partial charge in [-0.3, -0.25) is 4.57 Å². The van der Waals surface area contributed by atoms with Crippen LogP contribution in [-0.2, 0) is 9.59 Å². The molecule has 152 valence electrons. The first-order chi connectivity index (χ1) is 13.8. The summed E-state index contributed by atoms with van der Waals surface area (Å²) in [4.78, 5) is 18.2. The van der Waals surface area contributed by atoms with E-state index >= 15 is 0 Å². The van der Waals surface area contributed by atoms with Crippen molar-refractivity contribution in [2.45, 2.75) is 19.0 Å². The maximum atomic E-state index is 9.10. The highest BCUT2D eigenvalue weighted by atomic mass is 32.2. The number of aliphatic carboxylic acids is 2. The van der Waals surface area contributed by atoms with Crippen LogP contribution in [0.5, 0.6) is 0 Å². The van der Waals surface area contributed by atoms with Crippen LogP contribution < -0.4 is 5.73 Å². The fraction of sp³-hybridized carbons (Fsp3) is 0.200. The molecule has 0 spiro atoms. The zero-order valence-corrected chi connectivity index (χ0v) is 16.9. The van der Waals surface area contributed by atoms with Crippen LogP contribution in [0.2, 0.25) is 0 Å². The van der Waals surface area contributed by atoms with Gasteiger partial charge in [0.05, 0.1) is 0 Å². The van der Waals surface area contributed by atoms with E-state index in [9.17, 15) is 0 Å². The topological polar surface area (TPSA) is 131 Å². The van der Waals surface area contributed by atoms with Crippen LogP contribution in [0, 0.1) is 13.8 Å². The number of nitrogens with zero attached hydrogens (tertiary/aromatic N) is 3. The van der Waals surface area contributed by atoms with Crippen LogP contribution in [0.15, 0.2) is 53.7 Å². The minimum atomic E-state index is -1.82. The molecule has 1 heterocycles. The van der Waals surface area contributed by atoms with Gasteiger partial charge < -0.3 is 15.9 Å². The van der Waals surface area contributed by atoms with Gasteiger partial charge in [0.2, 0.25) is 0 Å². The number of hydrogen-bond acceptors (Lipinski definition) is 6. The van der Waals surface area contributed by atoms with E-state index in [1.165, 1.54) is 11.1 Å². The van der Waals surface area contributed by atoms with E-state index in [2.05, 4.69) is 71.1 Å². The summed E-state index contributed by atoms with van der Waals surface area (Å²) in [5.74, 6) is -1.97. The molecule has 0 aliphatic carbocycles. The van der Waals surface area contributed by atoms with E-state index in [1.807, 2.05) is 6.07 Å². The molecule has 0 saturated heterocycles. The first kappa shape index (κ1) is 22.1. The summed E-state index contributed by atoms with van der Waals surface area (Å²) in [6, 6.07) is 16.7. The normalized spacial score (nSPS) is 10.2. The Balaban J connectivity index is 0.000000438. The van der Waals surface area contributed by atoms with Crippen molar-refractivity contribution in [3.63, 3.8) is 0 Å². The summed E-state index contributed by atoms with van der Waals surface area (Å²) in [7, 11) is 0. The van der Waals surface area contributed by atoms with E-state index in [1.54, 1.807) is 11.8 Å². The number of carbonyl (C=O) groups is 2. The molecule has 0 aliphatic heterocycles. The second kappa shape index (κ2) is 10.4. The third-order valence-corrected chi connectivity index (χ3v) is 4.70. The Morgan fingerprint density at radius 2 is 1.66 bits per heavy atom. The van der Waals surface area contributed by atoms with Gasteiger partial charge in [0, 0.05) is 23.5 Å². The van der Waals surface area contributed by atoms with E-state index in [0.717, 1.165) is 28.0 Å². The number of hydrogen-bond donors (Lipinski definition) is 3. The van der Waals surface area contributed by atoms with Gasteiger partial charge in [-0.05, 0) is 32.0 Å². The Kier molecular flexibility index (Phi) is 7.93. The summed E-state index contributed by atoms with van der Waals surface area (Å²) in [5, 5.41) is 24.5. The highest BCUT2D eigenvalue weighted by Gasteiger charge is 2.16. The predicted molar refractivity (Wildman–Crippen MR) is 111 cm³/mol. The Bertz CT molecular complexity index is 974.